The maximum atomic E-state index is 15.2. The molecule has 0 amide bonds. The van der Waals surface area contributed by atoms with Crippen LogP contribution in [-0.2, 0) is 4.57 Å². The number of ether oxygens (including phenoxy) is 2. The molecule has 0 N–H and O–H groups in total. The highest BCUT2D eigenvalue weighted by molar-refractivity contribution is 7.85. The standard InChI is InChI=1S/C32H27O3P/c1-24-13-17-26(18-14-24)34-28-21-22-31(35-27-19-15-25(2)16-20-27)32(23-28)36(33,29-9-5-3-6-10-29)30-11-7-4-8-12-30/h3-23H,1-2H3. The molecule has 0 fully saturated rings. The van der Waals surface area contributed by atoms with E-state index >= 15 is 4.57 Å². The van der Waals surface area contributed by atoms with Gasteiger partial charge in [-0.1, -0.05) is 96.1 Å². The first-order valence-electron chi connectivity index (χ1n) is 11.9. The SMILES string of the molecule is Cc1ccc(Oc2ccc(Oc3ccc(C)cc3)c(P(=O)(c3ccccc3)c3ccccc3)c2)cc1. The Morgan fingerprint density at radius 1 is 0.500 bits per heavy atom. The Labute approximate surface area is 212 Å². The summed E-state index contributed by atoms with van der Waals surface area (Å²) in [6.07, 6.45) is 0. The van der Waals surface area contributed by atoms with E-state index in [0.717, 1.165) is 21.7 Å². The van der Waals surface area contributed by atoms with E-state index in [0.29, 0.717) is 28.3 Å². The molecule has 0 spiro atoms. The molecule has 0 bridgehead atoms. The molecule has 0 aliphatic heterocycles. The van der Waals surface area contributed by atoms with Gasteiger partial charge in [-0.15, -0.1) is 0 Å². The molecule has 0 aliphatic carbocycles. The summed E-state index contributed by atoms with van der Waals surface area (Å²) in [5.41, 5.74) is 2.30. The van der Waals surface area contributed by atoms with E-state index in [-0.39, 0.29) is 0 Å². The molecule has 178 valence electrons. The van der Waals surface area contributed by atoms with Gasteiger partial charge in [0.1, 0.15) is 23.0 Å². The van der Waals surface area contributed by atoms with Gasteiger partial charge < -0.3 is 14.0 Å². The largest absolute Gasteiger partial charge is 0.457 e. The van der Waals surface area contributed by atoms with Crippen LogP contribution < -0.4 is 25.4 Å². The highest BCUT2D eigenvalue weighted by atomic mass is 31.2. The number of rotatable bonds is 7. The average molecular weight is 491 g/mol. The highest BCUT2D eigenvalue weighted by Gasteiger charge is 2.33. The Morgan fingerprint density at radius 2 is 0.944 bits per heavy atom. The summed E-state index contributed by atoms with van der Waals surface area (Å²) >= 11 is 0. The summed E-state index contributed by atoms with van der Waals surface area (Å²) < 4.78 is 27.7. The van der Waals surface area contributed by atoms with Crippen LogP contribution in [0, 0.1) is 13.8 Å². The second kappa shape index (κ2) is 10.3. The predicted molar refractivity (Wildman–Crippen MR) is 148 cm³/mol. The molecule has 4 heteroatoms. The van der Waals surface area contributed by atoms with Crippen molar-refractivity contribution in [1.82, 2.24) is 0 Å². The molecule has 0 saturated carbocycles. The first-order valence-corrected chi connectivity index (χ1v) is 13.6. The first kappa shape index (κ1) is 23.7. The van der Waals surface area contributed by atoms with Crippen LogP contribution in [0.15, 0.2) is 127 Å². The van der Waals surface area contributed by atoms with E-state index in [1.54, 1.807) is 0 Å². The molecular weight excluding hydrogens is 463 g/mol. The van der Waals surface area contributed by atoms with Crippen molar-refractivity contribution in [2.24, 2.45) is 0 Å². The van der Waals surface area contributed by atoms with Crippen LogP contribution in [0.3, 0.4) is 0 Å². The monoisotopic (exact) mass is 490 g/mol. The molecule has 3 nitrogen and oxygen atoms in total. The van der Waals surface area contributed by atoms with Crippen molar-refractivity contribution < 1.29 is 14.0 Å². The molecule has 0 heterocycles. The van der Waals surface area contributed by atoms with Gasteiger partial charge in [-0.05, 0) is 56.3 Å². The Morgan fingerprint density at radius 3 is 1.44 bits per heavy atom. The molecule has 0 aromatic heterocycles. The van der Waals surface area contributed by atoms with Crippen LogP contribution in [-0.4, -0.2) is 0 Å². The second-order valence-corrected chi connectivity index (χ2v) is 11.5. The van der Waals surface area contributed by atoms with Crippen LogP contribution in [0.2, 0.25) is 0 Å². The van der Waals surface area contributed by atoms with E-state index < -0.39 is 7.14 Å². The van der Waals surface area contributed by atoms with E-state index in [4.69, 9.17) is 9.47 Å². The van der Waals surface area contributed by atoms with Crippen LogP contribution in [0.4, 0.5) is 0 Å². The van der Waals surface area contributed by atoms with Gasteiger partial charge in [0.25, 0.3) is 0 Å². The third-order valence-corrected chi connectivity index (χ3v) is 9.09. The summed E-state index contributed by atoms with van der Waals surface area (Å²) in [5.74, 6) is 2.53. The lowest BCUT2D eigenvalue weighted by Crippen LogP contribution is -2.26. The minimum absolute atomic E-state index is 0.533. The smallest absolute Gasteiger partial charge is 0.174 e. The summed E-state index contributed by atoms with van der Waals surface area (Å²) in [7, 11) is -3.31. The maximum Gasteiger partial charge on any atom is 0.174 e. The van der Waals surface area contributed by atoms with Crippen molar-refractivity contribution >= 4 is 23.1 Å². The van der Waals surface area contributed by atoms with Gasteiger partial charge >= 0.3 is 0 Å². The maximum absolute atomic E-state index is 15.2. The van der Waals surface area contributed by atoms with Crippen LogP contribution >= 0.6 is 7.14 Å². The van der Waals surface area contributed by atoms with E-state index in [9.17, 15) is 0 Å². The lowest BCUT2D eigenvalue weighted by molar-refractivity contribution is 0.472. The van der Waals surface area contributed by atoms with Gasteiger partial charge in [0.15, 0.2) is 7.14 Å². The molecule has 0 unspecified atom stereocenters. The fourth-order valence-electron chi connectivity index (χ4n) is 4.07. The Bertz CT molecular complexity index is 1450. The van der Waals surface area contributed by atoms with Crippen molar-refractivity contribution in [3.63, 3.8) is 0 Å². The molecule has 0 saturated heterocycles. The van der Waals surface area contributed by atoms with Crippen molar-refractivity contribution in [2.75, 3.05) is 0 Å². The van der Waals surface area contributed by atoms with E-state index in [1.165, 1.54) is 0 Å². The fourth-order valence-corrected chi connectivity index (χ4v) is 6.85. The number of hydrogen-bond acceptors (Lipinski definition) is 3. The zero-order valence-corrected chi connectivity index (χ0v) is 21.2. The predicted octanol–water partition coefficient (Wildman–Crippen LogP) is 7.53. The van der Waals surface area contributed by atoms with E-state index in [1.807, 2.05) is 141 Å². The lowest BCUT2D eigenvalue weighted by Gasteiger charge is -2.23. The van der Waals surface area contributed by atoms with Gasteiger partial charge in [-0.25, -0.2) is 0 Å². The summed E-state index contributed by atoms with van der Waals surface area (Å²) in [6.45, 7) is 4.07. The molecule has 0 radical (unpaired) electrons. The normalized spacial score (nSPS) is 11.2. The molecule has 5 rings (SSSR count). The van der Waals surface area contributed by atoms with Gasteiger partial charge in [-0.3, -0.25) is 0 Å². The van der Waals surface area contributed by atoms with Crippen molar-refractivity contribution in [2.45, 2.75) is 13.8 Å². The molecular formula is C32H27O3P. The first-order chi connectivity index (χ1) is 17.5. The van der Waals surface area contributed by atoms with Crippen LogP contribution in [0.1, 0.15) is 11.1 Å². The van der Waals surface area contributed by atoms with Crippen LogP contribution in [0.5, 0.6) is 23.0 Å². The van der Waals surface area contributed by atoms with Gasteiger partial charge in [0, 0.05) is 10.6 Å². The van der Waals surface area contributed by atoms with Gasteiger partial charge in [0.2, 0.25) is 0 Å². The van der Waals surface area contributed by atoms with Crippen LogP contribution in [0.25, 0.3) is 0 Å². The summed E-state index contributed by atoms with van der Waals surface area (Å²) in [6, 6.07) is 40.4. The average Bonchev–Trinajstić information content (AvgIpc) is 2.92. The van der Waals surface area contributed by atoms with E-state index in [2.05, 4.69) is 0 Å². The summed E-state index contributed by atoms with van der Waals surface area (Å²) in [4.78, 5) is 0. The molecule has 36 heavy (non-hydrogen) atoms. The van der Waals surface area contributed by atoms with Gasteiger partial charge in [0.05, 0.1) is 5.30 Å². The van der Waals surface area contributed by atoms with Crippen molar-refractivity contribution in [3.8, 4) is 23.0 Å². The minimum atomic E-state index is -3.31. The Balaban J connectivity index is 1.68. The molecule has 0 aliphatic rings. The molecule has 5 aromatic carbocycles. The number of benzene rings is 5. The molecule has 5 aromatic rings. The zero-order valence-electron chi connectivity index (χ0n) is 20.3. The highest BCUT2D eigenvalue weighted by Crippen LogP contribution is 2.47. The third-order valence-electron chi connectivity index (χ3n) is 6.01. The minimum Gasteiger partial charge on any atom is -0.457 e. The van der Waals surface area contributed by atoms with Crippen molar-refractivity contribution in [3.05, 3.63) is 139 Å². The zero-order chi connectivity index (χ0) is 25.0. The second-order valence-electron chi connectivity index (χ2n) is 8.74. The third kappa shape index (κ3) is 4.98. The van der Waals surface area contributed by atoms with Crippen molar-refractivity contribution in [1.29, 1.82) is 0 Å². The Kier molecular flexibility index (Phi) is 6.75. The topological polar surface area (TPSA) is 35.5 Å². The molecule has 0 atom stereocenters. The van der Waals surface area contributed by atoms with Gasteiger partial charge in [-0.2, -0.15) is 0 Å². The quantitative estimate of drug-likeness (QED) is 0.221. The Hall–Kier alpha value is -4.07. The summed E-state index contributed by atoms with van der Waals surface area (Å²) in [5, 5.41) is 2.06. The number of hydrogen-bond donors (Lipinski definition) is 0. The fraction of sp³-hybridized carbons (Fsp3) is 0.0625. The lowest BCUT2D eigenvalue weighted by atomic mass is 10.2. The number of aryl methyl sites for hydroxylation is 2.